The molecule has 2 aromatic rings. The van der Waals surface area contributed by atoms with Gasteiger partial charge < -0.3 is 4.90 Å². The SMILES string of the molecule is CC(C)N(CCBr)C(=O)Cc1cccc2ccccc12. The minimum Gasteiger partial charge on any atom is -0.339 e. The minimum atomic E-state index is 0.191. The summed E-state index contributed by atoms with van der Waals surface area (Å²) < 4.78 is 0. The third-order valence-corrected chi connectivity index (χ3v) is 3.85. The van der Waals surface area contributed by atoms with Gasteiger partial charge in [0, 0.05) is 17.9 Å². The quantitative estimate of drug-likeness (QED) is 0.757. The van der Waals surface area contributed by atoms with Crippen LogP contribution in [0, 0.1) is 0 Å². The molecule has 0 bridgehead atoms. The summed E-state index contributed by atoms with van der Waals surface area (Å²) in [5.41, 5.74) is 1.10. The molecule has 106 valence electrons. The normalized spacial score (nSPS) is 11.0. The van der Waals surface area contributed by atoms with E-state index in [1.165, 1.54) is 10.8 Å². The molecule has 20 heavy (non-hydrogen) atoms. The summed E-state index contributed by atoms with van der Waals surface area (Å²) in [5, 5.41) is 3.17. The predicted octanol–water partition coefficient (Wildman–Crippen LogP) is 4.01. The molecule has 0 aliphatic carbocycles. The molecule has 0 spiro atoms. The number of carbonyl (C=O) groups is 1. The predicted molar refractivity (Wildman–Crippen MR) is 88.3 cm³/mol. The highest BCUT2D eigenvalue weighted by molar-refractivity contribution is 9.09. The second kappa shape index (κ2) is 6.89. The highest BCUT2D eigenvalue weighted by Crippen LogP contribution is 2.19. The van der Waals surface area contributed by atoms with Crippen LogP contribution in [-0.4, -0.2) is 28.7 Å². The summed E-state index contributed by atoms with van der Waals surface area (Å²) >= 11 is 3.42. The van der Waals surface area contributed by atoms with E-state index in [2.05, 4.69) is 48.0 Å². The Morgan fingerprint density at radius 2 is 1.85 bits per heavy atom. The zero-order valence-electron chi connectivity index (χ0n) is 12.0. The first-order chi connectivity index (χ1) is 9.63. The van der Waals surface area contributed by atoms with Crippen molar-refractivity contribution >= 4 is 32.6 Å². The maximum atomic E-state index is 12.5. The fourth-order valence-electron chi connectivity index (χ4n) is 2.47. The van der Waals surface area contributed by atoms with Crippen molar-refractivity contribution in [3.63, 3.8) is 0 Å². The largest absolute Gasteiger partial charge is 0.339 e. The fraction of sp³-hybridized carbons (Fsp3) is 0.353. The van der Waals surface area contributed by atoms with E-state index in [9.17, 15) is 4.79 Å². The van der Waals surface area contributed by atoms with Crippen LogP contribution in [-0.2, 0) is 11.2 Å². The van der Waals surface area contributed by atoms with Crippen LogP contribution >= 0.6 is 15.9 Å². The lowest BCUT2D eigenvalue weighted by atomic mass is 10.0. The van der Waals surface area contributed by atoms with Crippen molar-refractivity contribution < 1.29 is 4.79 Å². The Bertz CT molecular complexity index is 589. The van der Waals surface area contributed by atoms with Gasteiger partial charge in [0.1, 0.15) is 0 Å². The molecule has 0 N–H and O–H groups in total. The van der Waals surface area contributed by atoms with Crippen LogP contribution in [0.5, 0.6) is 0 Å². The average molecular weight is 334 g/mol. The average Bonchev–Trinajstić information content (AvgIpc) is 2.44. The van der Waals surface area contributed by atoms with Gasteiger partial charge in [-0.05, 0) is 30.2 Å². The standard InChI is InChI=1S/C17H20BrNO/c1-13(2)19(11-10-18)17(20)12-15-8-5-7-14-6-3-4-9-16(14)15/h3-9,13H,10-12H2,1-2H3. The van der Waals surface area contributed by atoms with Crippen molar-refractivity contribution in [2.45, 2.75) is 26.3 Å². The van der Waals surface area contributed by atoms with Gasteiger partial charge in [-0.15, -0.1) is 0 Å². The van der Waals surface area contributed by atoms with Crippen LogP contribution < -0.4 is 0 Å². The summed E-state index contributed by atoms with van der Waals surface area (Å²) in [4.78, 5) is 14.4. The summed E-state index contributed by atoms with van der Waals surface area (Å²) in [6.07, 6.45) is 0.465. The number of alkyl halides is 1. The first kappa shape index (κ1) is 15.0. The van der Waals surface area contributed by atoms with Crippen LogP contribution in [0.15, 0.2) is 42.5 Å². The van der Waals surface area contributed by atoms with Gasteiger partial charge in [-0.3, -0.25) is 4.79 Å². The minimum absolute atomic E-state index is 0.191. The Labute approximate surface area is 128 Å². The van der Waals surface area contributed by atoms with Crippen LogP contribution in [0.2, 0.25) is 0 Å². The molecule has 2 nitrogen and oxygen atoms in total. The number of halogens is 1. The van der Waals surface area contributed by atoms with E-state index in [0.717, 1.165) is 17.4 Å². The fourth-order valence-corrected chi connectivity index (χ4v) is 2.86. The maximum Gasteiger partial charge on any atom is 0.227 e. The van der Waals surface area contributed by atoms with Gasteiger partial charge in [0.2, 0.25) is 5.91 Å². The van der Waals surface area contributed by atoms with E-state index in [1.54, 1.807) is 0 Å². The van der Waals surface area contributed by atoms with Gasteiger partial charge in [0.25, 0.3) is 0 Å². The number of benzene rings is 2. The molecule has 0 atom stereocenters. The Balaban J connectivity index is 2.25. The highest BCUT2D eigenvalue weighted by atomic mass is 79.9. The van der Waals surface area contributed by atoms with Gasteiger partial charge in [-0.1, -0.05) is 58.4 Å². The molecular formula is C17H20BrNO. The summed E-state index contributed by atoms with van der Waals surface area (Å²) in [5.74, 6) is 0.191. The van der Waals surface area contributed by atoms with Crippen molar-refractivity contribution in [1.82, 2.24) is 4.90 Å². The molecule has 0 saturated carbocycles. The Kier molecular flexibility index (Phi) is 5.18. The van der Waals surface area contributed by atoms with Crippen LogP contribution in [0.3, 0.4) is 0 Å². The van der Waals surface area contributed by atoms with Gasteiger partial charge in [0.05, 0.1) is 6.42 Å². The van der Waals surface area contributed by atoms with E-state index >= 15 is 0 Å². The lowest BCUT2D eigenvalue weighted by Gasteiger charge is -2.26. The molecule has 0 aliphatic rings. The molecule has 0 saturated heterocycles. The number of amides is 1. The lowest BCUT2D eigenvalue weighted by molar-refractivity contribution is -0.131. The number of fused-ring (bicyclic) bond motifs is 1. The molecule has 2 aromatic carbocycles. The highest BCUT2D eigenvalue weighted by Gasteiger charge is 2.17. The summed E-state index contributed by atoms with van der Waals surface area (Å²) in [6.45, 7) is 4.87. The third-order valence-electron chi connectivity index (χ3n) is 3.49. The molecule has 0 aliphatic heterocycles. The zero-order chi connectivity index (χ0) is 14.5. The third kappa shape index (κ3) is 3.40. The van der Waals surface area contributed by atoms with Crippen molar-refractivity contribution in [3.05, 3.63) is 48.0 Å². The monoisotopic (exact) mass is 333 g/mol. The van der Waals surface area contributed by atoms with E-state index < -0.39 is 0 Å². The molecule has 0 unspecified atom stereocenters. The number of nitrogens with zero attached hydrogens (tertiary/aromatic N) is 1. The van der Waals surface area contributed by atoms with Gasteiger partial charge in [-0.25, -0.2) is 0 Å². The van der Waals surface area contributed by atoms with Gasteiger partial charge in [0.15, 0.2) is 0 Å². The van der Waals surface area contributed by atoms with Gasteiger partial charge >= 0.3 is 0 Å². The molecule has 0 heterocycles. The molecule has 0 fully saturated rings. The van der Waals surface area contributed by atoms with Gasteiger partial charge in [-0.2, -0.15) is 0 Å². The van der Waals surface area contributed by atoms with Crippen molar-refractivity contribution in [1.29, 1.82) is 0 Å². The summed E-state index contributed by atoms with van der Waals surface area (Å²) in [6, 6.07) is 14.6. The smallest absolute Gasteiger partial charge is 0.227 e. The second-order valence-corrected chi connectivity index (χ2v) is 5.98. The van der Waals surface area contributed by atoms with Crippen molar-refractivity contribution in [2.75, 3.05) is 11.9 Å². The van der Waals surface area contributed by atoms with Crippen LogP contribution in [0.4, 0.5) is 0 Å². The Morgan fingerprint density at radius 3 is 2.55 bits per heavy atom. The van der Waals surface area contributed by atoms with E-state index in [4.69, 9.17) is 0 Å². The molecule has 2 rings (SSSR count). The van der Waals surface area contributed by atoms with Crippen molar-refractivity contribution in [2.24, 2.45) is 0 Å². The van der Waals surface area contributed by atoms with E-state index in [1.807, 2.05) is 29.2 Å². The molecule has 1 amide bonds. The zero-order valence-corrected chi connectivity index (χ0v) is 13.6. The number of hydrogen-bond donors (Lipinski definition) is 0. The maximum absolute atomic E-state index is 12.5. The molecule has 3 heteroatoms. The van der Waals surface area contributed by atoms with E-state index in [-0.39, 0.29) is 11.9 Å². The number of rotatable bonds is 5. The molecular weight excluding hydrogens is 314 g/mol. The number of carbonyl (C=O) groups excluding carboxylic acids is 1. The molecule has 0 aromatic heterocycles. The van der Waals surface area contributed by atoms with Crippen molar-refractivity contribution in [3.8, 4) is 0 Å². The van der Waals surface area contributed by atoms with E-state index in [0.29, 0.717) is 6.42 Å². The topological polar surface area (TPSA) is 20.3 Å². The van der Waals surface area contributed by atoms with Crippen LogP contribution in [0.25, 0.3) is 10.8 Å². The first-order valence-electron chi connectivity index (χ1n) is 6.95. The Hall–Kier alpha value is -1.35. The number of hydrogen-bond acceptors (Lipinski definition) is 1. The lowest BCUT2D eigenvalue weighted by Crippen LogP contribution is -2.39. The second-order valence-electron chi connectivity index (χ2n) is 5.18. The first-order valence-corrected chi connectivity index (χ1v) is 8.07. The Morgan fingerprint density at radius 1 is 1.15 bits per heavy atom. The summed E-state index contributed by atoms with van der Waals surface area (Å²) in [7, 11) is 0. The molecule has 0 radical (unpaired) electrons. The van der Waals surface area contributed by atoms with Crippen LogP contribution in [0.1, 0.15) is 19.4 Å².